The van der Waals surface area contributed by atoms with Gasteiger partial charge in [0.25, 0.3) is 17.5 Å². The Morgan fingerprint density at radius 2 is 1.74 bits per heavy atom. The van der Waals surface area contributed by atoms with Crippen LogP contribution in [0.2, 0.25) is 5.02 Å². The first-order chi connectivity index (χ1) is 16.8. The van der Waals surface area contributed by atoms with Crippen molar-refractivity contribution in [2.45, 2.75) is 6.54 Å². The summed E-state index contributed by atoms with van der Waals surface area (Å²) in [5, 5.41) is 19.8. The Balaban J connectivity index is 1.67. The van der Waals surface area contributed by atoms with E-state index in [0.717, 1.165) is 11.6 Å². The number of nitro groups is 1. The van der Waals surface area contributed by atoms with Crippen LogP contribution >= 0.6 is 11.6 Å². The van der Waals surface area contributed by atoms with Crippen LogP contribution in [-0.2, 0) is 16.1 Å². The number of hydrogen-bond acceptors (Lipinski definition) is 7. The van der Waals surface area contributed by atoms with Crippen LogP contribution < -0.4 is 16.0 Å². The highest BCUT2D eigenvalue weighted by molar-refractivity contribution is 6.31. The van der Waals surface area contributed by atoms with Gasteiger partial charge in [0.15, 0.2) is 6.61 Å². The molecule has 0 aliphatic carbocycles. The summed E-state index contributed by atoms with van der Waals surface area (Å²) in [5.41, 5.74) is 1.45. The van der Waals surface area contributed by atoms with E-state index in [9.17, 15) is 24.5 Å². The Hall–Kier alpha value is -4.44. The lowest BCUT2D eigenvalue weighted by molar-refractivity contribution is -0.384. The number of ether oxygens (including phenoxy) is 1. The van der Waals surface area contributed by atoms with E-state index in [-0.39, 0.29) is 29.4 Å². The molecule has 0 unspecified atom stereocenters. The van der Waals surface area contributed by atoms with Gasteiger partial charge in [-0.1, -0.05) is 29.8 Å². The third-order valence-corrected chi connectivity index (χ3v) is 5.22. The van der Waals surface area contributed by atoms with E-state index in [4.69, 9.17) is 16.3 Å². The van der Waals surface area contributed by atoms with Gasteiger partial charge in [0.2, 0.25) is 0 Å². The molecule has 0 aromatic heterocycles. The van der Waals surface area contributed by atoms with E-state index < -0.39 is 23.4 Å². The number of nitrogens with one attached hydrogen (secondary N) is 3. The molecule has 3 aromatic carbocycles. The molecule has 0 bridgehead atoms. The number of nitrogens with zero attached hydrogens (tertiary/aromatic N) is 1. The standard InChI is InChI=1S/C24H21ClN4O6/c1-26-23(31)15-6-8-17(9-7-15)28-22(30)14-35-24(32)19-12-18(29(33)34)10-11-21(19)27-13-16-4-2-3-5-20(16)25/h2-12,27H,13-14H2,1H3,(H,26,31)(H,28,30). The van der Waals surface area contributed by atoms with E-state index in [1.807, 2.05) is 0 Å². The maximum absolute atomic E-state index is 12.7. The van der Waals surface area contributed by atoms with Crippen molar-refractivity contribution in [2.75, 3.05) is 24.3 Å². The lowest BCUT2D eigenvalue weighted by atomic mass is 10.1. The molecule has 0 heterocycles. The molecule has 2 amide bonds. The van der Waals surface area contributed by atoms with E-state index in [1.165, 1.54) is 43.4 Å². The van der Waals surface area contributed by atoms with Crippen molar-refractivity contribution in [1.29, 1.82) is 0 Å². The smallest absolute Gasteiger partial charge is 0.341 e. The zero-order valence-electron chi connectivity index (χ0n) is 18.5. The second-order valence-electron chi connectivity index (χ2n) is 7.21. The molecule has 0 aliphatic heterocycles. The average Bonchev–Trinajstić information content (AvgIpc) is 2.86. The first kappa shape index (κ1) is 25.2. The van der Waals surface area contributed by atoms with Gasteiger partial charge in [-0.15, -0.1) is 0 Å². The fourth-order valence-electron chi connectivity index (χ4n) is 3.06. The van der Waals surface area contributed by atoms with Crippen molar-refractivity contribution in [1.82, 2.24) is 5.32 Å². The molecule has 35 heavy (non-hydrogen) atoms. The molecule has 3 aromatic rings. The summed E-state index contributed by atoms with van der Waals surface area (Å²) in [6, 6.07) is 16.9. The topological polar surface area (TPSA) is 140 Å². The molecule has 11 heteroatoms. The Morgan fingerprint density at radius 3 is 2.40 bits per heavy atom. The van der Waals surface area contributed by atoms with Crippen molar-refractivity contribution in [2.24, 2.45) is 0 Å². The van der Waals surface area contributed by atoms with Crippen LogP contribution in [0, 0.1) is 10.1 Å². The summed E-state index contributed by atoms with van der Waals surface area (Å²) >= 11 is 6.16. The molecule has 180 valence electrons. The summed E-state index contributed by atoms with van der Waals surface area (Å²) in [6.07, 6.45) is 0. The predicted octanol–water partition coefficient (Wildman–Crippen LogP) is 4.02. The van der Waals surface area contributed by atoms with Gasteiger partial charge in [-0.2, -0.15) is 0 Å². The Kier molecular flexibility index (Phi) is 8.36. The first-order valence-corrected chi connectivity index (χ1v) is 10.7. The van der Waals surface area contributed by atoms with E-state index >= 15 is 0 Å². The number of carbonyl (C=O) groups excluding carboxylic acids is 3. The summed E-state index contributed by atoms with van der Waals surface area (Å²) in [7, 11) is 1.51. The Bertz CT molecular complexity index is 1260. The predicted molar refractivity (Wildman–Crippen MR) is 131 cm³/mol. The van der Waals surface area contributed by atoms with Gasteiger partial charge in [0, 0.05) is 47.7 Å². The number of amides is 2. The number of rotatable bonds is 9. The number of esters is 1. The quantitative estimate of drug-likeness (QED) is 0.231. The van der Waals surface area contributed by atoms with Gasteiger partial charge in [0.1, 0.15) is 0 Å². The fourth-order valence-corrected chi connectivity index (χ4v) is 3.26. The van der Waals surface area contributed by atoms with Crippen LogP contribution in [0.4, 0.5) is 17.1 Å². The van der Waals surface area contributed by atoms with E-state index in [2.05, 4.69) is 16.0 Å². The minimum Gasteiger partial charge on any atom is -0.452 e. The Morgan fingerprint density at radius 1 is 1.03 bits per heavy atom. The molecule has 3 N–H and O–H groups in total. The minimum atomic E-state index is -0.916. The van der Waals surface area contributed by atoms with E-state index in [1.54, 1.807) is 24.3 Å². The first-order valence-electron chi connectivity index (χ1n) is 10.3. The van der Waals surface area contributed by atoms with Crippen molar-refractivity contribution in [3.05, 3.63) is 98.6 Å². The van der Waals surface area contributed by atoms with Gasteiger partial charge < -0.3 is 20.7 Å². The van der Waals surface area contributed by atoms with Crippen molar-refractivity contribution < 1.29 is 24.0 Å². The second-order valence-corrected chi connectivity index (χ2v) is 7.62. The third kappa shape index (κ3) is 6.78. The number of nitro benzene ring substituents is 1. The number of non-ortho nitro benzene ring substituents is 1. The highest BCUT2D eigenvalue weighted by atomic mass is 35.5. The summed E-state index contributed by atoms with van der Waals surface area (Å²) in [4.78, 5) is 47.1. The molecule has 0 saturated heterocycles. The molecule has 0 atom stereocenters. The molecule has 0 saturated carbocycles. The number of benzene rings is 3. The van der Waals surface area contributed by atoms with Crippen LogP contribution in [0.15, 0.2) is 66.7 Å². The lowest BCUT2D eigenvalue weighted by Crippen LogP contribution is -2.22. The average molecular weight is 497 g/mol. The summed E-state index contributed by atoms with van der Waals surface area (Å²) in [6.45, 7) is -0.368. The van der Waals surface area contributed by atoms with Crippen LogP contribution in [0.5, 0.6) is 0 Å². The number of hydrogen-bond donors (Lipinski definition) is 3. The number of halogens is 1. The number of carbonyl (C=O) groups is 3. The van der Waals surface area contributed by atoms with Gasteiger partial charge in [-0.05, 0) is 42.0 Å². The zero-order valence-corrected chi connectivity index (χ0v) is 19.3. The highest BCUT2D eigenvalue weighted by Gasteiger charge is 2.19. The van der Waals surface area contributed by atoms with Crippen molar-refractivity contribution in [3.8, 4) is 0 Å². The maximum Gasteiger partial charge on any atom is 0.341 e. The summed E-state index contributed by atoms with van der Waals surface area (Å²) in [5.74, 6) is -1.81. The van der Waals surface area contributed by atoms with Crippen LogP contribution in [0.1, 0.15) is 26.3 Å². The highest BCUT2D eigenvalue weighted by Crippen LogP contribution is 2.25. The monoisotopic (exact) mass is 496 g/mol. The molecule has 0 fully saturated rings. The number of anilines is 2. The van der Waals surface area contributed by atoms with Gasteiger partial charge >= 0.3 is 5.97 Å². The Labute approximate surface area is 205 Å². The normalized spacial score (nSPS) is 10.2. The van der Waals surface area contributed by atoms with Crippen LogP contribution in [0.25, 0.3) is 0 Å². The molecular formula is C24H21ClN4O6. The summed E-state index contributed by atoms with van der Waals surface area (Å²) < 4.78 is 5.09. The zero-order chi connectivity index (χ0) is 25.4. The molecule has 10 nitrogen and oxygen atoms in total. The molecule has 3 rings (SSSR count). The molecule has 0 aliphatic rings. The largest absolute Gasteiger partial charge is 0.452 e. The van der Waals surface area contributed by atoms with Gasteiger partial charge in [0.05, 0.1) is 10.5 Å². The van der Waals surface area contributed by atoms with Crippen molar-refractivity contribution >= 4 is 46.4 Å². The molecular weight excluding hydrogens is 476 g/mol. The molecule has 0 radical (unpaired) electrons. The second kappa shape index (κ2) is 11.6. The van der Waals surface area contributed by atoms with Crippen LogP contribution in [0.3, 0.4) is 0 Å². The van der Waals surface area contributed by atoms with E-state index in [0.29, 0.717) is 16.3 Å². The van der Waals surface area contributed by atoms with Gasteiger partial charge in [-0.25, -0.2) is 4.79 Å². The van der Waals surface area contributed by atoms with Gasteiger partial charge in [-0.3, -0.25) is 19.7 Å². The fraction of sp³-hybridized carbons (Fsp3) is 0.125. The SMILES string of the molecule is CNC(=O)c1ccc(NC(=O)COC(=O)c2cc([N+](=O)[O-])ccc2NCc2ccccc2Cl)cc1. The third-order valence-electron chi connectivity index (χ3n) is 4.85. The maximum atomic E-state index is 12.7. The molecule has 0 spiro atoms. The lowest BCUT2D eigenvalue weighted by Gasteiger charge is -2.13. The minimum absolute atomic E-state index is 0.103. The van der Waals surface area contributed by atoms with Crippen LogP contribution in [-0.4, -0.2) is 36.4 Å². The van der Waals surface area contributed by atoms with Crippen molar-refractivity contribution in [3.63, 3.8) is 0 Å².